The Labute approximate surface area is 164 Å². The molecule has 1 unspecified atom stereocenters. The SMILES string of the molecule is Cc1ncc(Nc2c(C(=O)NOCC(CN=O)N=O)ccc(F)c2F)c(C)c1C. The van der Waals surface area contributed by atoms with Crippen molar-refractivity contribution in [3.05, 3.63) is 62.2 Å². The smallest absolute Gasteiger partial charge is 0.277 e. The van der Waals surface area contributed by atoms with Gasteiger partial charge in [0.15, 0.2) is 11.6 Å². The Balaban J connectivity index is 2.26. The van der Waals surface area contributed by atoms with Gasteiger partial charge in [-0.25, -0.2) is 14.3 Å². The van der Waals surface area contributed by atoms with Crippen molar-refractivity contribution in [1.82, 2.24) is 10.5 Å². The number of aryl methyl sites for hydroxylation is 1. The van der Waals surface area contributed by atoms with Gasteiger partial charge in [0, 0.05) is 5.69 Å². The van der Waals surface area contributed by atoms with Crippen LogP contribution < -0.4 is 10.8 Å². The van der Waals surface area contributed by atoms with E-state index < -0.39 is 42.4 Å². The van der Waals surface area contributed by atoms with Crippen LogP contribution in [0.5, 0.6) is 0 Å². The van der Waals surface area contributed by atoms with Gasteiger partial charge in [-0.15, -0.1) is 0 Å². The Hall–Kier alpha value is -3.34. The number of carbonyl (C=O) groups excluding carboxylic acids is 1. The number of hydrogen-bond acceptors (Lipinski definition) is 8. The normalized spacial score (nSPS) is 11.6. The van der Waals surface area contributed by atoms with Crippen LogP contribution in [0.2, 0.25) is 0 Å². The highest BCUT2D eigenvalue weighted by atomic mass is 19.2. The Morgan fingerprint density at radius 3 is 2.59 bits per heavy atom. The van der Waals surface area contributed by atoms with Crippen LogP contribution in [-0.4, -0.2) is 30.1 Å². The highest BCUT2D eigenvalue weighted by molar-refractivity contribution is 6.00. The predicted molar refractivity (Wildman–Crippen MR) is 102 cm³/mol. The maximum Gasteiger partial charge on any atom is 0.277 e. The molecule has 2 N–H and O–H groups in total. The van der Waals surface area contributed by atoms with E-state index in [1.807, 2.05) is 19.3 Å². The summed E-state index contributed by atoms with van der Waals surface area (Å²) in [6.07, 6.45) is 1.45. The van der Waals surface area contributed by atoms with Crippen LogP contribution in [0.1, 0.15) is 27.2 Å². The summed E-state index contributed by atoms with van der Waals surface area (Å²) < 4.78 is 28.2. The lowest BCUT2D eigenvalue weighted by atomic mass is 10.1. The van der Waals surface area contributed by atoms with Crippen LogP contribution in [0.3, 0.4) is 0 Å². The molecule has 0 saturated carbocycles. The molecule has 0 bridgehead atoms. The van der Waals surface area contributed by atoms with Crippen LogP contribution in [0.25, 0.3) is 0 Å². The maximum absolute atomic E-state index is 14.4. The fraction of sp³-hybridized carbons (Fsp3) is 0.333. The van der Waals surface area contributed by atoms with Gasteiger partial charge >= 0.3 is 0 Å². The summed E-state index contributed by atoms with van der Waals surface area (Å²) in [4.78, 5) is 42.1. The molecular formula is C18H19F2N5O4. The Morgan fingerprint density at radius 1 is 1.21 bits per heavy atom. The fourth-order valence-electron chi connectivity index (χ4n) is 2.41. The third-order valence-corrected chi connectivity index (χ3v) is 4.37. The summed E-state index contributed by atoms with van der Waals surface area (Å²) in [7, 11) is 0. The van der Waals surface area contributed by atoms with Crippen LogP contribution in [0.15, 0.2) is 28.7 Å². The van der Waals surface area contributed by atoms with Crippen molar-refractivity contribution in [2.75, 3.05) is 18.5 Å². The molecule has 0 spiro atoms. The van der Waals surface area contributed by atoms with Gasteiger partial charge in [0.2, 0.25) is 0 Å². The van der Waals surface area contributed by atoms with Crippen molar-refractivity contribution in [3.63, 3.8) is 0 Å². The van der Waals surface area contributed by atoms with E-state index in [0.29, 0.717) is 5.69 Å². The van der Waals surface area contributed by atoms with Crippen molar-refractivity contribution in [1.29, 1.82) is 0 Å². The summed E-state index contributed by atoms with van der Waals surface area (Å²) in [5.41, 5.74) is 4.15. The molecule has 154 valence electrons. The van der Waals surface area contributed by atoms with Gasteiger partial charge in [-0.1, -0.05) is 10.4 Å². The topological polar surface area (TPSA) is 122 Å². The number of benzene rings is 1. The number of pyridine rings is 1. The molecule has 0 radical (unpaired) electrons. The van der Waals surface area contributed by atoms with E-state index in [4.69, 9.17) is 4.84 Å². The number of aromatic nitrogens is 1. The van der Waals surface area contributed by atoms with Crippen LogP contribution in [-0.2, 0) is 4.84 Å². The molecule has 1 amide bonds. The lowest BCUT2D eigenvalue weighted by Crippen LogP contribution is -2.29. The molecule has 0 aliphatic heterocycles. The molecule has 1 aromatic carbocycles. The first-order chi connectivity index (χ1) is 13.8. The number of halogens is 2. The van der Waals surface area contributed by atoms with Crippen LogP contribution in [0.4, 0.5) is 20.2 Å². The van der Waals surface area contributed by atoms with Crippen LogP contribution in [0, 0.1) is 42.2 Å². The highest BCUT2D eigenvalue weighted by Gasteiger charge is 2.21. The minimum absolute atomic E-state index is 0.245. The molecular weight excluding hydrogens is 388 g/mol. The predicted octanol–water partition coefficient (Wildman–Crippen LogP) is 3.59. The molecule has 0 aliphatic carbocycles. The van der Waals surface area contributed by atoms with Gasteiger partial charge < -0.3 is 5.32 Å². The summed E-state index contributed by atoms with van der Waals surface area (Å²) in [6, 6.07) is 0.790. The van der Waals surface area contributed by atoms with E-state index in [1.165, 1.54) is 6.20 Å². The summed E-state index contributed by atoms with van der Waals surface area (Å²) in [5.74, 6) is -3.31. The summed E-state index contributed by atoms with van der Waals surface area (Å²) >= 11 is 0. The number of rotatable bonds is 9. The molecule has 1 atom stereocenters. The number of hydrogen-bond donors (Lipinski definition) is 2. The van der Waals surface area contributed by atoms with Crippen molar-refractivity contribution in [2.45, 2.75) is 26.8 Å². The Kier molecular flexibility index (Phi) is 7.37. The maximum atomic E-state index is 14.4. The third-order valence-electron chi connectivity index (χ3n) is 4.37. The minimum atomic E-state index is -1.26. The first kappa shape index (κ1) is 22.0. The molecule has 1 heterocycles. The number of anilines is 2. The van der Waals surface area contributed by atoms with E-state index >= 15 is 0 Å². The van der Waals surface area contributed by atoms with Gasteiger partial charge in [0.1, 0.15) is 19.2 Å². The van der Waals surface area contributed by atoms with Crippen LogP contribution >= 0.6 is 0 Å². The standard InChI is InChI=1S/C18H19F2N5O4/c1-9-10(2)15(7-21-11(9)3)23-17-13(4-5-14(19)16(17)20)18(26)25-29-8-12(24-28)6-22-27/h4-5,7,12,23H,6,8H2,1-3H3,(H,25,26). The Bertz CT molecular complexity index is 939. The quantitative estimate of drug-likeness (QED) is 0.484. The molecule has 2 aromatic rings. The number of nitroso groups, excluding NO2 is 2. The largest absolute Gasteiger partial charge is 0.351 e. The monoisotopic (exact) mass is 407 g/mol. The second-order valence-corrected chi connectivity index (χ2v) is 6.23. The number of nitrogens with zero attached hydrogens (tertiary/aromatic N) is 3. The molecule has 2 rings (SSSR count). The molecule has 0 fully saturated rings. The lowest BCUT2D eigenvalue weighted by molar-refractivity contribution is 0.0269. The molecule has 11 heteroatoms. The molecule has 29 heavy (non-hydrogen) atoms. The lowest BCUT2D eigenvalue weighted by Gasteiger charge is -2.16. The van der Waals surface area contributed by atoms with E-state index in [9.17, 15) is 23.4 Å². The first-order valence-corrected chi connectivity index (χ1v) is 8.51. The second kappa shape index (κ2) is 9.73. The van der Waals surface area contributed by atoms with E-state index in [0.717, 1.165) is 29.0 Å². The summed E-state index contributed by atoms with van der Waals surface area (Å²) in [6.45, 7) is 4.59. The van der Waals surface area contributed by atoms with Gasteiger partial charge in [-0.3, -0.25) is 14.6 Å². The Morgan fingerprint density at radius 2 is 1.93 bits per heavy atom. The zero-order chi connectivity index (χ0) is 21.6. The second-order valence-electron chi connectivity index (χ2n) is 6.23. The number of hydroxylamine groups is 1. The minimum Gasteiger partial charge on any atom is -0.351 e. The zero-order valence-electron chi connectivity index (χ0n) is 16.0. The average molecular weight is 407 g/mol. The van der Waals surface area contributed by atoms with E-state index in [-0.39, 0.29) is 5.56 Å². The fourth-order valence-corrected chi connectivity index (χ4v) is 2.41. The number of carbonyl (C=O) groups is 1. The van der Waals surface area contributed by atoms with Crippen molar-refractivity contribution < 1.29 is 18.4 Å². The van der Waals surface area contributed by atoms with Crippen molar-refractivity contribution in [2.24, 2.45) is 10.4 Å². The summed E-state index contributed by atoms with van der Waals surface area (Å²) in [5, 5.41) is 7.86. The van der Waals surface area contributed by atoms with E-state index in [2.05, 4.69) is 20.7 Å². The number of amides is 1. The first-order valence-electron chi connectivity index (χ1n) is 8.51. The van der Waals surface area contributed by atoms with Gasteiger partial charge in [0.25, 0.3) is 5.91 Å². The zero-order valence-corrected chi connectivity index (χ0v) is 16.0. The van der Waals surface area contributed by atoms with Gasteiger partial charge in [0.05, 0.1) is 23.1 Å². The molecule has 1 aromatic heterocycles. The highest BCUT2D eigenvalue weighted by Crippen LogP contribution is 2.29. The van der Waals surface area contributed by atoms with E-state index in [1.54, 1.807) is 6.92 Å². The van der Waals surface area contributed by atoms with Gasteiger partial charge in [-0.2, -0.15) is 9.81 Å². The number of nitrogens with one attached hydrogen (secondary N) is 2. The van der Waals surface area contributed by atoms with Crippen molar-refractivity contribution >= 4 is 17.3 Å². The molecule has 0 aliphatic rings. The third kappa shape index (κ3) is 5.13. The molecule has 9 nitrogen and oxygen atoms in total. The van der Waals surface area contributed by atoms with Crippen molar-refractivity contribution in [3.8, 4) is 0 Å². The average Bonchev–Trinajstić information content (AvgIpc) is 2.70. The van der Waals surface area contributed by atoms with Gasteiger partial charge in [-0.05, 0) is 44.0 Å². The molecule has 0 saturated heterocycles.